The van der Waals surface area contributed by atoms with Crippen LogP contribution in [0.1, 0.15) is 16.7 Å². The van der Waals surface area contributed by atoms with Gasteiger partial charge in [0.2, 0.25) is 10.0 Å². The average molecular weight is 331 g/mol. The number of halogens is 1. The van der Waals surface area contributed by atoms with Crippen LogP contribution in [0, 0.1) is 17.1 Å². The normalized spacial score (nSPS) is 13.7. The number of sulfonamides is 1. The van der Waals surface area contributed by atoms with Gasteiger partial charge >= 0.3 is 0 Å². The number of benzene rings is 2. The zero-order valence-corrected chi connectivity index (χ0v) is 13.0. The topological polar surface area (TPSA) is 87.2 Å². The summed E-state index contributed by atoms with van der Waals surface area (Å²) in [7, 11) is -3.78. The number of fused-ring (bicyclic) bond motifs is 1. The van der Waals surface area contributed by atoms with Gasteiger partial charge in [-0.15, -0.1) is 0 Å². The molecule has 0 spiro atoms. The second-order valence-electron chi connectivity index (χ2n) is 5.43. The Morgan fingerprint density at radius 3 is 2.74 bits per heavy atom. The lowest BCUT2D eigenvalue weighted by Crippen LogP contribution is -2.21. The molecule has 1 aliphatic heterocycles. The molecule has 23 heavy (non-hydrogen) atoms. The minimum Gasteiger partial charge on any atom is -0.367 e. The van der Waals surface area contributed by atoms with Gasteiger partial charge < -0.3 is 4.90 Å². The fraction of sp³-hybridized carbons (Fsp3) is 0.188. The molecular formula is C16H14FN3O2S. The van der Waals surface area contributed by atoms with Gasteiger partial charge in [0.15, 0.2) is 0 Å². The maximum atomic E-state index is 14.0. The van der Waals surface area contributed by atoms with Gasteiger partial charge in [-0.1, -0.05) is 6.07 Å². The molecule has 2 aromatic rings. The second kappa shape index (κ2) is 5.65. The first kappa shape index (κ1) is 15.5. The van der Waals surface area contributed by atoms with Gasteiger partial charge in [-0.25, -0.2) is 17.9 Å². The van der Waals surface area contributed by atoms with E-state index in [1.54, 1.807) is 6.07 Å². The third kappa shape index (κ3) is 3.04. The summed E-state index contributed by atoms with van der Waals surface area (Å²) in [6.07, 6.45) is 0.750. The van der Waals surface area contributed by atoms with Gasteiger partial charge in [-0.05, 0) is 42.3 Å². The predicted octanol–water partition coefficient (Wildman–Crippen LogP) is 1.91. The molecule has 0 amide bonds. The average Bonchev–Trinajstić information content (AvgIpc) is 2.91. The Bertz CT molecular complexity index is 919. The third-order valence-electron chi connectivity index (χ3n) is 3.91. The Labute approximate surface area is 133 Å². The maximum Gasteiger partial charge on any atom is 0.238 e. The molecule has 0 bridgehead atoms. The quantitative estimate of drug-likeness (QED) is 0.930. The van der Waals surface area contributed by atoms with Gasteiger partial charge in [-0.3, -0.25) is 0 Å². The van der Waals surface area contributed by atoms with E-state index < -0.39 is 10.0 Å². The molecule has 0 unspecified atom stereocenters. The van der Waals surface area contributed by atoms with Gasteiger partial charge in [0.1, 0.15) is 5.82 Å². The summed E-state index contributed by atoms with van der Waals surface area (Å²) in [4.78, 5) is 1.93. The van der Waals surface area contributed by atoms with Crippen molar-refractivity contribution in [3.63, 3.8) is 0 Å². The molecular weight excluding hydrogens is 317 g/mol. The summed E-state index contributed by atoms with van der Waals surface area (Å²) < 4.78 is 36.9. The number of rotatable bonds is 3. The van der Waals surface area contributed by atoms with E-state index in [0.717, 1.165) is 17.7 Å². The molecule has 5 nitrogen and oxygen atoms in total. The molecule has 0 aromatic heterocycles. The number of hydrogen-bond acceptors (Lipinski definition) is 4. The highest BCUT2D eigenvalue weighted by Gasteiger charge is 2.22. The Kier molecular flexibility index (Phi) is 3.80. The molecule has 1 heterocycles. The van der Waals surface area contributed by atoms with Gasteiger partial charge in [0.05, 0.1) is 16.5 Å². The van der Waals surface area contributed by atoms with Gasteiger partial charge in [0.25, 0.3) is 0 Å². The number of nitrogens with two attached hydrogens (primary N) is 1. The number of nitriles is 1. The Balaban J connectivity index is 1.96. The molecule has 7 heteroatoms. The molecule has 0 aliphatic carbocycles. The SMILES string of the molecule is N#Cc1ccc(F)c(CN2CCc3ccc(S(N)(=O)=O)cc32)c1. The predicted molar refractivity (Wildman–Crippen MR) is 83.7 cm³/mol. The highest BCUT2D eigenvalue weighted by Crippen LogP contribution is 2.31. The van der Waals surface area contributed by atoms with Crippen LogP contribution in [0.2, 0.25) is 0 Å². The van der Waals surface area contributed by atoms with Crippen molar-refractivity contribution in [3.8, 4) is 6.07 Å². The van der Waals surface area contributed by atoms with E-state index >= 15 is 0 Å². The number of hydrogen-bond donors (Lipinski definition) is 1. The Hall–Kier alpha value is -2.43. The van der Waals surface area contributed by atoms with Crippen LogP contribution in [0.15, 0.2) is 41.3 Å². The number of primary sulfonamides is 1. The molecule has 2 N–H and O–H groups in total. The smallest absolute Gasteiger partial charge is 0.238 e. The molecule has 3 rings (SSSR count). The van der Waals surface area contributed by atoms with E-state index in [1.165, 1.54) is 30.3 Å². The van der Waals surface area contributed by atoms with Gasteiger partial charge in [-0.2, -0.15) is 5.26 Å². The van der Waals surface area contributed by atoms with Crippen molar-refractivity contribution >= 4 is 15.7 Å². The molecule has 2 aromatic carbocycles. The second-order valence-corrected chi connectivity index (χ2v) is 6.99. The van der Waals surface area contributed by atoms with Crippen molar-refractivity contribution in [1.82, 2.24) is 0 Å². The zero-order chi connectivity index (χ0) is 16.6. The van der Waals surface area contributed by atoms with Crippen LogP contribution in [-0.2, 0) is 23.0 Å². The lowest BCUT2D eigenvalue weighted by molar-refractivity contribution is 0.597. The van der Waals surface area contributed by atoms with E-state index in [1.807, 2.05) is 11.0 Å². The fourth-order valence-electron chi connectivity index (χ4n) is 2.74. The van der Waals surface area contributed by atoms with Crippen molar-refractivity contribution in [2.45, 2.75) is 17.9 Å². The van der Waals surface area contributed by atoms with Crippen molar-refractivity contribution in [2.24, 2.45) is 5.14 Å². The first-order valence-corrected chi connectivity index (χ1v) is 8.52. The van der Waals surface area contributed by atoms with E-state index in [0.29, 0.717) is 17.7 Å². The lowest BCUT2D eigenvalue weighted by Gasteiger charge is -2.20. The zero-order valence-electron chi connectivity index (χ0n) is 12.2. The standard InChI is InChI=1S/C16H14FN3O2S/c17-15-4-1-11(9-18)7-13(15)10-20-6-5-12-2-3-14(8-16(12)20)23(19,21)22/h1-4,7-8H,5-6,10H2,(H2,19,21,22). The van der Waals surface area contributed by atoms with Crippen LogP contribution in [0.4, 0.5) is 10.1 Å². The molecule has 0 saturated heterocycles. The highest BCUT2D eigenvalue weighted by molar-refractivity contribution is 7.89. The third-order valence-corrected chi connectivity index (χ3v) is 4.82. The van der Waals surface area contributed by atoms with Crippen molar-refractivity contribution < 1.29 is 12.8 Å². The summed E-state index contributed by atoms with van der Waals surface area (Å²) in [5.74, 6) is -0.389. The number of nitrogens with zero attached hydrogens (tertiary/aromatic N) is 2. The molecule has 118 valence electrons. The highest BCUT2D eigenvalue weighted by atomic mass is 32.2. The van der Waals surface area contributed by atoms with Crippen LogP contribution in [0.25, 0.3) is 0 Å². The first-order valence-electron chi connectivity index (χ1n) is 6.97. The van der Waals surface area contributed by atoms with Crippen LogP contribution < -0.4 is 10.0 Å². The van der Waals surface area contributed by atoms with Crippen LogP contribution >= 0.6 is 0 Å². The number of anilines is 1. The molecule has 1 aliphatic rings. The Morgan fingerprint density at radius 2 is 2.04 bits per heavy atom. The molecule has 0 atom stereocenters. The maximum absolute atomic E-state index is 14.0. The van der Waals surface area contributed by atoms with Crippen molar-refractivity contribution in [1.29, 1.82) is 5.26 Å². The summed E-state index contributed by atoms with van der Waals surface area (Å²) in [6.45, 7) is 0.919. The van der Waals surface area contributed by atoms with Crippen molar-refractivity contribution in [3.05, 3.63) is 58.9 Å². The molecule has 0 radical (unpaired) electrons. The first-order chi connectivity index (χ1) is 10.9. The van der Waals surface area contributed by atoms with Crippen LogP contribution in [0.5, 0.6) is 0 Å². The Morgan fingerprint density at radius 1 is 1.26 bits per heavy atom. The van der Waals surface area contributed by atoms with Crippen LogP contribution in [0.3, 0.4) is 0 Å². The molecule has 0 fully saturated rings. The lowest BCUT2D eigenvalue weighted by atomic mass is 10.1. The van der Waals surface area contributed by atoms with Gasteiger partial charge in [0, 0.05) is 24.3 Å². The van der Waals surface area contributed by atoms with E-state index in [9.17, 15) is 12.8 Å². The summed E-state index contributed by atoms with van der Waals surface area (Å²) in [5.41, 5.74) is 2.52. The molecule has 0 saturated carbocycles. The van der Waals surface area contributed by atoms with Crippen molar-refractivity contribution in [2.75, 3.05) is 11.4 Å². The van der Waals surface area contributed by atoms with E-state index in [-0.39, 0.29) is 17.3 Å². The summed E-state index contributed by atoms with van der Waals surface area (Å²) in [5, 5.41) is 14.1. The summed E-state index contributed by atoms with van der Waals surface area (Å²) in [6, 6.07) is 10.9. The van der Waals surface area contributed by atoms with E-state index in [2.05, 4.69) is 0 Å². The fourth-order valence-corrected chi connectivity index (χ4v) is 3.27. The minimum atomic E-state index is -3.78. The summed E-state index contributed by atoms with van der Waals surface area (Å²) >= 11 is 0. The van der Waals surface area contributed by atoms with Crippen LogP contribution in [-0.4, -0.2) is 15.0 Å². The van der Waals surface area contributed by atoms with E-state index in [4.69, 9.17) is 10.4 Å². The largest absolute Gasteiger partial charge is 0.367 e. The minimum absolute atomic E-state index is 0.0365. The monoisotopic (exact) mass is 331 g/mol.